The topological polar surface area (TPSA) is 29.0 Å². The molecule has 1 aliphatic rings. The van der Waals surface area contributed by atoms with E-state index in [-0.39, 0.29) is 0 Å². The molecule has 1 aromatic rings. The fraction of sp³-hybridized carbons (Fsp3) is 0.600. The molecule has 0 spiro atoms. The predicted octanol–water partition coefficient (Wildman–Crippen LogP) is 2.09. The predicted molar refractivity (Wildman–Crippen MR) is 60.7 cm³/mol. The van der Waals surface area contributed by atoms with Crippen LogP contribution in [0.2, 0.25) is 0 Å². The zero-order chi connectivity index (χ0) is 9.97. The summed E-state index contributed by atoms with van der Waals surface area (Å²) >= 11 is 3.56. The molecule has 14 heavy (non-hydrogen) atoms. The van der Waals surface area contributed by atoms with Crippen molar-refractivity contribution in [3.05, 3.63) is 18.5 Å². The standard InChI is InChI=1S/C10H14BrN3/c1-8-3-6-14(9(8)7-11)10-12-4-2-5-13-10/h2,4-5,8-9H,3,6-7H2,1H3. The molecular formula is C10H14BrN3. The van der Waals surface area contributed by atoms with Crippen LogP contribution in [0.1, 0.15) is 13.3 Å². The first-order valence-corrected chi connectivity index (χ1v) is 6.04. The van der Waals surface area contributed by atoms with Crippen LogP contribution in [0.3, 0.4) is 0 Å². The summed E-state index contributed by atoms with van der Waals surface area (Å²) in [5.74, 6) is 1.58. The first kappa shape index (κ1) is 9.90. The maximum Gasteiger partial charge on any atom is 0.225 e. The van der Waals surface area contributed by atoms with Crippen LogP contribution in [0.25, 0.3) is 0 Å². The van der Waals surface area contributed by atoms with Crippen molar-refractivity contribution in [2.24, 2.45) is 5.92 Å². The summed E-state index contributed by atoms with van der Waals surface area (Å²) in [4.78, 5) is 10.9. The normalized spacial score (nSPS) is 26.9. The Kier molecular flexibility index (Phi) is 3.01. The quantitative estimate of drug-likeness (QED) is 0.759. The summed E-state index contributed by atoms with van der Waals surface area (Å²) in [5.41, 5.74) is 0. The summed E-state index contributed by atoms with van der Waals surface area (Å²) in [6.07, 6.45) is 4.84. The summed E-state index contributed by atoms with van der Waals surface area (Å²) in [5, 5.41) is 0.992. The molecule has 1 saturated heterocycles. The number of halogens is 1. The van der Waals surface area contributed by atoms with E-state index in [1.807, 2.05) is 6.07 Å². The van der Waals surface area contributed by atoms with Gasteiger partial charge in [0.05, 0.1) is 0 Å². The molecule has 0 amide bonds. The highest BCUT2D eigenvalue weighted by atomic mass is 79.9. The first-order chi connectivity index (χ1) is 6.83. The van der Waals surface area contributed by atoms with Gasteiger partial charge in [0.25, 0.3) is 0 Å². The molecule has 0 aromatic carbocycles. The smallest absolute Gasteiger partial charge is 0.225 e. The molecule has 2 atom stereocenters. The largest absolute Gasteiger partial charge is 0.337 e. The third-order valence-corrected chi connectivity index (χ3v) is 3.51. The number of aromatic nitrogens is 2. The molecule has 1 aliphatic heterocycles. The monoisotopic (exact) mass is 255 g/mol. The number of nitrogens with zero attached hydrogens (tertiary/aromatic N) is 3. The summed E-state index contributed by atoms with van der Waals surface area (Å²) in [7, 11) is 0. The lowest BCUT2D eigenvalue weighted by Crippen LogP contribution is -2.34. The van der Waals surface area contributed by atoms with Crippen LogP contribution in [-0.4, -0.2) is 27.9 Å². The highest BCUT2D eigenvalue weighted by Crippen LogP contribution is 2.27. The second-order valence-corrected chi connectivity index (χ2v) is 4.38. The molecule has 4 heteroatoms. The molecule has 2 heterocycles. The maximum absolute atomic E-state index is 4.29. The molecule has 0 bridgehead atoms. The van der Waals surface area contributed by atoms with Crippen molar-refractivity contribution < 1.29 is 0 Å². The molecule has 3 nitrogen and oxygen atoms in total. The van der Waals surface area contributed by atoms with E-state index in [1.54, 1.807) is 12.4 Å². The van der Waals surface area contributed by atoms with E-state index >= 15 is 0 Å². The fourth-order valence-corrected chi connectivity index (χ4v) is 2.92. The van der Waals surface area contributed by atoms with Gasteiger partial charge in [-0.3, -0.25) is 0 Å². The zero-order valence-electron chi connectivity index (χ0n) is 8.23. The third-order valence-electron chi connectivity index (χ3n) is 2.85. The molecule has 0 saturated carbocycles. The van der Waals surface area contributed by atoms with Crippen LogP contribution in [0.4, 0.5) is 5.95 Å². The molecule has 1 aromatic heterocycles. The van der Waals surface area contributed by atoms with Crippen molar-refractivity contribution in [1.29, 1.82) is 0 Å². The van der Waals surface area contributed by atoms with Gasteiger partial charge in [-0.15, -0.1) is 0 Å². The molecule has 0 radical (unpaired) electrons. The number of alkyl halides is 1. The maximum atomic E-state index is 4.29. The van der Waals surface area contributed by atoms with Crippen molar-refractivity contribution in [3.8, 4) is 0 Å². The second-order valence-electron chi connectivity index (χ2n) is 3.73. The van der Waals surface area contributed by atoms with Crippen molar-refractivity contribution in [2.75, 3.05) is 16.8 Å². The van der Waals surface area contributed by atoms with Gasteiger partial charge < -0.3 is 4.90 Å². The average Bonchev–Trinajstić information content (AvgIpc) is 2.61. The van der Waals surface area contributed by atoms with Crippen LogP contribution >= 0.6 is 15.9 Å². The van der Waals surface area contributed by atoms with Gasteiger partial charge in [0, 0.05) is 30.3 Å². The van der Waals surface area contributed by atoms with E-state index in [0.29, 0.717) is 6.04 Å². The number of hydrogen-bond donors (Lipinski definition) is 0. The molecule has 2 unspecified atom stereocenters. The molecular weight excluding hydrogens is 242 g/mol. The number of anilines is 1. The molecule has 1 fully saturated rings. The Morgan fingerprint density at radius 3 is 2.86 bits per heavy atom. The Bertz CT molecular complexity index is 291. The van der Waals surface area contributed by atoms with Crippen LogP contribution in [0.15, 0.2) is 18.5 Å². The minimum absolute atomic E-state index is 0.539. The van der Waals surface area contributed by atoms with Gasteiger partial charge in [0.15, 0.2) is 0 Å². The lowest BCUT2D eigenvalue weighted by molar-refractivity contribution is 0.551. The van der Waals surface area contributed by atoms with E-state index in [2.05, 4.69) is 37.7 Å². The molecule has 2 rings (SSSR count). The summed E-state index contributed by atoms with van der Waals surface area (Å²) < 4.78 is 0. The van der Waals surface area contributed by atoms with E-state index in [9.17, 15) is 0 Å². The van der Waals surface area contributed by atoms with Gasteiger partial charge in [0.2, 0.25) is 5.95 Å². The Morgan fingerprint density at radius 1 is 1.50 bits per heavy atom. The zero-order valence-corrected chi connectivity index (χ0v) is 9.81. The third kappa shape index (κ3) is 1.75. The highest BCUT2D eigenvalue weighted by molar-refractivity contribution is 9.09. The minimum Gasteiger partial charge on any atom is -0.337 e. The Balaban J connectivity index is 2.19. The fourth-order valence-electron chi connectivity index (χ4n) is 1.93. The van der Waals surface area contributed by atoms with Crippen molar-refractivity contribution in [1.82, 2.24) is 9.97 Å². The Labute approximate surface area is 92.7 Å². The second kappa shape index (κ2) is 4.26. The Hall–Kier alpha value is -0.640. The lowest BCUT2D eigenvalue weighted by Gasteiger charge is -2.24. The van der Waals surface area contributed by atoms with E-state index < -0.39 is 0 Å². The van der Waals surface area contributed by atoms with Crippen LogP contribution in [0.5, 0.6) is 0 Å². The lowest BCUT2D eigenvalue weighted by atomic mass is 10.1. The van der Waals surface area contributed by atoms with Crippen molar-refractivity contribution >= 4 is 21.9 Å². The molecule has 0 aliphatic carbocycles. The van der Waals surface area contributed by atoms with Crippen molar-refractivity contribution in [3.63, 3.8) is 0 Å². The van der Waals surface area contributed by atoms with Gasteiger partial charge in [-0.1, -0.05) is 22.9 Å². The van der Waals surface area contributed by atoms with Gasteiger partial charge in [-0.05, 0) is 18.4 Å². The number of rotatable bonds is 2. The summed E-state index contributed by atoms with van der Waals surface area (Å²) in [6.45, 7) is 3.36. The van der Waals surface area contributed by atoms with Gasteiger partial charge in [-0.25, -0.2) is 9.97 Å². The molecule has 76 valence electrons. The van der Waals surface area contributed by atoms with Crippen LogP contribution < -0.4 is 4.90 Å². The van der Waals surface area contributed by atoms with Gasteiger partial charge in [-0.2, -0.15) is 0 Å². The van der Waals surface area contributed by atoms with Gasteiger partial charge >= 0.3 is 0 Å². The van der Waals surface area contributed by atoms with Gasteiger partial charge in [0.1, 0.15) is 0 Å². The average molecular weight is 256 g/mol. The van der Waals surface area contributed by atoms with Crippen LogP contribution in [0, 0.1) is 5.92 Å². The minimum atomic E-state index is 0.539. The first-order valence-electron chi connectivity index (χ1n) is 4.92. The van der Waals surface area contributed by atoms with E-state index in [1.165, 1.54) is 6.42 Å². The van der Waals surface area contributed by atoms with Crippen molar-refractivity contribution in [2.45, 2.75) is 19.4 Å². The Morgan fingerprint density at radius 2 is 2.21 bits per heavy atom. The SMILES string of the molecule is CC1CCN(c2ncccn2)C1CBr. The highest BCUT2D eigenvalue weighted by Gasteiger charge is 2.31. The number of hydrogen-bond acceptors (Lipinski definition) is 3. The van der Waals surface area contributed by atoms with Crippen LogP contribution in [-0.2, 0) is 0 Å². The van der Waals surface area contributed by atoms with E-state index in [4.69, 9.17) is 0 Å². The molecule has 0 N–H and O–H groups in total. The summed E-state index contributed by atoms with van der Waals surface area (Å²) in [6, 6.07) is 2.39. The van der Waals surface area contributed by atoms with E-state index in [0.717, 1.165) is 23.7 Å².